The monoisotopic (exact) mass is 243 g/mol. The first-order valence-corrected chi connectivity index (χ1v) is 5.01. The molecule has 0 spiro atoms. The Morgan fingerprint density at radius 1 is 1.24 bits per heavy atom. The molecule has 0 bridgehead atoms. The second-order valence-electron chi connectivity index (χ2n) is 3.53. The van der Waals surface area contributed by atoms with Crippen molar-refractivity contribution in [3.63, 3.8) is 0 Å². The Hall–Kier alpha value is -1.78. The van der Waals surface area contributed by atoms with Gasteiger partial charge in [-0.05, 0) is 24.1 Å². The molecule has 0 saturated carbocycles. The van der Waals surface area contributed by atoms with Crippen molar-refractivity contribution in [3.8, 4) is 0 Å². The molecule has 0 fully saturated rings. The van der Waals surface area contributed by atoms with E-state index < -0.39 is 17.6 Å². The van der Waals surface area contributed by atoms with Gasteiger partial charge in [0.25, 0.3) is 0 Å². The van der Waals surface area contributed by atoms with Crippen molar-refractivity contribution in [2.45, 2.75) is 19.0 Å². The maximum absolute atomic E-state index is 12.2. The topological polar surface area (TPSA) is 43.1 Å². The summed E-state index contributed by atoms with van der Waals surface area (Å²) >= 11 is 0. The van der Waals surface area contributed by atoms with Crippen LogP contribution in [0.4, 0.5) is 13.2 Å². The molecular formula is C12H12F3NO. The third kappa shape index (κ3) is 4.72. The Labute approximate surface area is 96.9 Å². The molecule has 0 aliphatic heterocycles. The number of hydrogen-bond acceptors (Lipinski definition) is 1. The summed E-state index contributed by atoms with van der Waals surface area (Å²) in [4.78, 5) is 10.4. The van der Waals surface area contributed by atoms with Crippen molar-refractivity contribution in [3.05, 3.63) is 41.5 Å². The molecule has 0 aliphatic rings. The van der Waals surface area contributed by atoms with E-state index in [-0.39, 0.29) is 6.42 Å². The molecule has 5 heteroatoms. The van der Waals surface area contributed by atoms with Crippen LogP contribution in [0.5, 0.6) is 0 Å². The number of primary amides is 1. The average Bonchev–Trinajstić information content (AvgIpc) is 2.23. The molecule has 0 heterocycles. The zero-order valence-corrected chi connectivity index (χ0v) is 9.00. The Morgan fingerprint density at radius 2 is 1.82 bits per heavy atom. The Balaban J connectivity index is 2.60. The summed E-state index contributed by atoms with van der Waals surface area (Å²) in [7, 11) is 0. The molecule has 1 aromatic rings. The lowest BCUT2D eigenvalue weighted by molar-refractivity contribution is -0.137. The van der Waals surface area contributed by atoms with Gasteiger partial charge in [0.15, 0.2) is 0 Å². The second kappa shape index (κ2) is 5.52. The van der Waals surface area contributed by atoms with Gasteiger partial charge in [0.2, 0.25) is 5.91 Å². The third-order valence-corrected chi connectivity index (χ3v) is 2.11. The quantitative estimate of drug-likeness (QED) is 0.867. The SMILES string of the molecule is NC(=O)CCC=Cc1ccc(C(F)(F)F)cc1. The lowest BCUT2D eigenvalue weighted by atomic mass is 10.1. The number of carbonyl (C=O) groups excluding carboxylic acids is 1. The van der Waals surface area contributed by atoms with Crippen molar-refractivity contribution in [1.29, 1.82) is 0 Å². The molecule has 0 saturated heterocycles. The van der Waals surface area contributed by atoms with Crippen molar-refractivity contribution >= 4 is 12.0 Å². The van der Waals surface area contributed by atoms with E-state index in [0.717, 1.165) is 12.1 Å². The highest BCUT2D eigenvalue weighted by Gasteiger charge is 2.29. The van der Waals surface area contributed by atoms with Crippen LogP contribution in [0.2, 0.25) is 0 Å². The van der Waals surface area contributed by atoms with Crippen LogP contribution in [0.25, 0.3) is 6.08 Å². The van der Waals surface area contributed by atoms with Gasteiger partial charge in [0.1, 0.15) is 0 Å². The average molecular weight is 243 g/mol. The smallest absolute Gasteiger partial charge is 0.370 e. The van der Waals surface area contributed by atoms with Crippen molar-refractivity contribution in [2.75, 3.05) is 0 Å². The molecule has 1 aromatic carbocycles. The van der Waals surface area contributed by atoms with E-state index in [4.69, 9.17) is 5.73 Å². The van der Waals surface area contributed by atoms with Gasteiger partial charge in [0, 0.05) is 6.42 Å². The minimum absolute atomic E-state index is 0.233. The highest BCUT2D eigenvalue weighted by atomic mass is 19.4. The summed E-state index contributed by atoms with van der Waals surface area (Å²) in [5.41, 5.74) is 4.92. The molecule has 0 radical (unpaired) electrons. The maximum atomic E-state index is 12.2. The third-order valence-electron chi connectivity index (χ3n) is 2.11. The summed E-state index contributed by atoms with van der Waals surface area (Å²) in [6.45, 7) is 0. The van der Waals surface area contributed by atoms with E-state index in [1.807, 2.05) is 0 Å². The van der Waals surface area contributed by atoms with Crippen LogP contribution >= 0.6 is 0 Å². The number of rotatable bonds is 4. The van der Waals surface area contributed by atoms with E-state index in [2.05, 4.69) is 0 Å². The fourth-order valence-electron chi connectivity index (χ4n) is 1.23. The van der Waals surface area contributed by atoms with Gasteiger partial charge >= 0.3 is 6.18 Å². The molecule has 0 aromatic heterocycles. The molecule has 1 rings (SSSR count). The lowest BCUT2D eigenvalue weighted by Crippen LogP contribution is -2.08. The van der Waals surface area contributed by atoms with E-state index in [0.29, 0.717) is 12.0 Å². The fraction of sp³-hybridized carbons (Fsp3) is 0.250. The van der Waals surface area contributed by atoms with E-state index >= 15 is 0 Å². The fourth-order valence-corrected chi connectivity index (χ4v) is 1.23. The number of allylic oxidation sites excluding steroid dienone is 1. The molecule has 1 amide bonds. The van der Waals surface area contributed by atoms with Crippen molar-refractivity contribution in [2.24, 2.45) is 5.73 Å². The van der Waals surface area contributed by atoms with Crippen LogP contribution in [-0.4, -0.2) is 5.91 Å². The number of benzene rings is 1. The second-order valence-corrected chi connectivity index (χ2v) is 3.53. The molecular weight excluding hydrogens is 231 g/mol. The van der Waals surface area contributed by atoms with E-state index in [1.165, 1.54) is 12.1 Å². The number of halogens is 3. The number of amides is 1. The van der Waals surface area contributed by atoms with E-state index in [1.54, 1.807) is 12.2 Å². The predicted octanol–water partition coefficient (Wildman–Crippen LogP) is 2.98. The number of alkyl halides is 3. The van der Waals surface area contributed by atoms with Crippen LogP contribution in [0, 0.1) is 0 Å². The van der Waals surface area contributed by atoms with Gasteiger partial charge in [-0.2, -0.15) is 13.2 Å². The zero-order valence-electron chi connectivity index (χ0n) is 9.00. The molecule has 2 N–H and O–H groups in total. The highest BCUT2D eigenvalue weighted by molar-refractivity contribution is 5.74. The van der Waals surface area contributed by atoms with Gasteiger partial charge in [-0.3, -0.25) is 4.79 Å². The van der Waals surface area contributed by atoms with Crippen LogP contribution in [-0.2, 0) is 11.0 Å². The number of carbonyl (C=O) groups is 1. The minimum atomic E-state index is -4.31. The first kappa shape index (κ1) is 13.3. The zero-order chi connectivity index (χ0) is 12.9. The highest BCUT2D eigenvalue weighted by Crippen LogP contribution is 2.29. The Bertz CT molecular complexity index is 407. The summed E-state index contributed by atoms with van der Waals surface area (Å²) in [5, 5.41) is 0. The van der Waals surface area contributed by atoms with Crippen LogP contribution < -0.4 is 5.73 Å². The summed E-state index contributed by atoms with van der Waals surface area (Å²) in [5.74, 6) is -0.401. The largest absolute Gasteiger partial charge is 0.416 e. The molecule has 17 heavy (non-hydrogen) atoms. The minimum Gasteiger partial charge on any atom is -0.370 e. The molecule has 0 atom stereocenters. The summed E-state index contributed by atoms with van der Waals surface area (Å²) < 4.78 is 36.7. The predicted molar refractivity (Wildman–Crippen MR) is 58.9 cm³/mol. The summed E-state index contributed by atoms with van der Waals surface area (Å²) in [6, 6.07) is 4.80. The van der Waals surface area contributed by atoms with Gasteiger partial charge in [0.05, 0.1) is 5.56 Å². The number of nitrogens with two attached hydrogens (primary N) is 1. The van der Waals surface area contributed by atoms with Gasteiger partial charge < -0.3 is 5.73 Å². The molecule has 0 aliphatic carbocycles. The first-order chi connectivity index (χ1) is 7.89. The van der Waals surface area contributed by atoms with Gasteiger partial charge in [-0.15, -0.1) is 0 Å². The Kier molecular flexibility index (Phi) is 4.31. The van der Waals surface area contributed by atoms with Crippen molar-refractivity contribution in [1.82, 2.24) is 0 Å². The lowest BCUT2D eigenvalue weighted by Gasteiger charge is -2.05. The maximum Gasteiger partial charge on any atom is 0.416 e. The molecule has 2 nitrogen and oxygen atoms in total. The summed E-state index contributed by atoms with van der Waals surface area (Å²) in [6.07, 6.45) is -0.238. The van der Waals surface area contributed by atoms with Crippen LogP contribution in [0.1, 0.15) is 24.0 Å². The van der Waals surface area contributed by atoms with Crippen LogP contribution in [0.15, 0.2) is 30.3 Å². The number of hydrogen-bond donors (Lipinski definition) is 1. The first-order valence-electron chi connectivity index (χ1n) is 5.01. The molecule has 0 unspecified atom stereocenters. The Morgan fingerprint density at radius 3 is 2.29 bits per heavy atom. The van der Waals surface area contributed by atoms with Crippen LogP contribution in [0.3, 0.4) is 0 Å². The van der Waals surface area contributed by atoms with Crippen molar-refractivity contribution < 1.29 is 18.0 Å². The van der Waals surface area contributed by atoms with Gasteiger partial charge in [-0.25, -0.2) is 0 Å². The standard InChI is InChI=1S/C12H12F3NO/c13-12(14,15)10-7-5-9(6-8-10)3-1-2-4-11(16)17/h1,3,5-8H,2,4H2,(H2,16,17). The van der Waals surface area contributed by atoms with E-state index in [9.17, 15) is 18.0 Å². The molecule has 92 valence electrons. The van der Waals surface area contributed by atoms with Gasteiger partial charge in [-0.1, -0.05) is 24.3 Å². The normalized spacial score (nSPS) is 11.9.